The Hall–Kier alpha value is -3.35. The van der Waals surface area contributed by atoms with Crippen LogP contribution in [0.15, 0.2) is 59.7 Å². The fourth-order valence-corrected chi connectivity index (χ4v) is 1.75. The van der Waals surface area contributed by atoms with Gasteiger partial charge in [0.15, 0.2) is 0 Å². The van der Waals surface area contributed by atoms with E-state index in [2.05, 4.69) is 10.5 Å². The Morgan fingerprint density at radius 2 is 1.87 bits per heavy atom. The van der Waals surface area contributed by atoms with Gasteiger partial charge in [-0.2, -0.15) is 5.10 Å². The van der Waals surface area contributed by atoms with Crippen molar-refractivity contribution in [3.8, 4) is 0 Å². The maximum absolute atomic E-state index is 12.7. The summed E-state index contributed by atoms with van der Waals surface area (Å²) in [5.74, 6) is -0.919. The predicted molar refractivity (Wildman–Crippen MR) is 84.5 cm³/mol. The summed E-state index contributed by atoms with van der Waals surface area (Å²) < 4.78 is 12.7. The van der Waals surface area contributed by atoms with Gasteiger partial charge >= 0.3 is 0 Å². The van der Waals surface area contributed by atoms with Crippen LogP contribution in [0, 0.1) is 15.9 Å². The number of nitrogens with one attached hydrogen (secondary N) is 1. The first-order chi connectivity index (χ1) is 11.1. The molecule has 0 bridgehead atoms. The predicted octanol–water partition coefficient (Wildman–Crippen LogP) is 3.16. The van der Waals surface area contributed by atoms with Crippen molar-refractivity contribution < 1.29 is 14.1 Å². The van der Waals surface area contributed by atoms with Crippen molar-refractivity contribution in [2.45, 2.75) is 0 Å². The van der Waals surface area contributed by atoms with Crippen molar-refractivity contribution in [3.05, 3.63) is 81.7 Å². The fraction of sp³-hybridized carbons (Fsp3) is 0. The van der Waals surface area contributed by atoms with Crippen molar-refractivity contribution in [1.82, 2.24) is 5.43 Å². The molecule has 0 fully saturated rings. The highest BCUT2D eigenvalue weighted by Crippen LogP contribution is 2.18. The lowest BCUT2D eigenvalue weighted by Gasteiger charge is -1.98. The van der Waals surface area contributed by atoms with Crippen molar-refractivity contribution in [2.24, 2.45) is 5.10 Å². The quantitative estimate of drug-likeness (QED) is 0.522. The maximum atomic E-state index is 12.7. The van der Waals surface area contributed by atoms with Gasteiger partial charge in [-0.25, -0.2) is 9.82 Å². The van der Waals surface area contributed by atoms with Crippen LogP contribution in [0.4, 0.5) is 10.1 Å². The van der Waals surface area contributed by atoms with Crippen LogP contribution in [0.1, 0.15) is 15.9 Å². The summed E-state index contributed by atoms with van der Waals surface area (Å²) >= 11 is 0. The molecular weight excluding hydrogens is 301 g/mol. The molecular formula is C16H12FN3O3. The number of carbonyl (C=O) groups is 1. The van der Waals surface area contributed by atoms with E-state index in [0.29, 0.717) is 5.56 Å². The van der Waals surface area contributed by atoms with Crippen molar-refractivity contribution in [3.63, 3.8) is 0 Å². The topological polar surface area (TPSA) is 84.6 Å². The van der Waals surface area contributed by atoms with Crippen LogP contribution >= 0.6 is 0 Å². The number of amides is 1. The molecule has 1 N–H and O–H groups in total. The average Bonchev–Trinajstić information content (AvgIpc) is 2.55. The Morgan fingerprint density at radius 1 is 1.17 bits per heavy atom. The van der Waals surface area contributed by atoms with E-state index in [1.54, 1.807) is 18.2 Å². The summed E-state index contributed by atoms with van der Waals surface area (Å²) in [5, 5.41) is 14.5. The van der Waals surface area contributed by atoms with Crippen LogP contribution in [-0.2, 0) is 0 Å². The third-order valence-corrected chi connectivity index (χ3v) is 2.84. The third kappa shape index (κ3) is 4.57. The van der Waals surface area contributed by atoms with Gasteiger partial charge in [0.05, 0.1) is 10.5 Å². The molecule has 0 aliphatic rings. The van der Waals surface area contributed by atoms with Gasteiger partial charge in [-0.3, -0.25) is 14.9 Å². The number of hydrogen-bond acceptors (Lipinski definition) is 4. The minimum atomic E-state index is -0.486. The lowest BCUT2D eigenvalue weighted by atomic mass is 10.2. The van der Waals surface area contributed by atoms with E-state index in [4.69, 9.17) is 0 Å². The molecule has 1 amide bonds. The monoisotopic (exact) mass is 313 g/mol. The highest BCUT2D eigenvalue weighted by molar-refractivity contribution is 5.94. The Morgan fingerprint density at radius 3 is 2.57 bits per heavy atom. The van der Waals surface area contributed by atoms with Gasteiger partial charge < -0.3 is 0 Å². The first kappa shape index (κ1) is 16.0. The normalized spacial score (nSPS) is 11.0. The molecule has 0 atom stereocenters. The number of nitrogens with zero attached hydrogens (tertiary/aromatic N) is 2. The van der Waals surface area contributed by atoms with Crippen molar-refractivity contribution >= 4 is 23.9 Å². The van der Waals surface area contributed by atoms with E-state index in [1.165, 1.54) is 48.7 Å². The molecule has 0 radical (unpaired) electrons. The van der Waals surface area contributed by atoms with Crippen LogP contribution in [0.5, 0.6) is 0 Å². The molecule has 23 heavy (non-hydrogen) atoms. The number of nitro groups is 1. The number of rotatable bonds is 5. The van der Waals surface area contributed by atoms with Crippen LogP contribution < -0.4 is 5.43 Å². The van der Waals surface area contributed by atoms with Crippen LogP contribution in [0.2, 0.25) is 0 Å². The highest BCUT2D eigenvalue weighted by Gasteiger charge is 2.08. The molecule has 0 saturated heterocycles. The van der Waals surface area contributed by atoms with Crippen molar-refractivity contribution in [2.75, 3.05) is 0 Å². The molecule has 7 heteroatoms. The zero-order chi connectivity index (χ0) is 16.7. The van der Waals surface area contributed by atoms with E-state index < -0.39 is 16.6 Å². The molecule has 0 spiro atoms. The first-order valence-electron chi connectivity index (χ1n) is 6.57. The van der Waals surface area contributed by atoms with E-state index >= 15 is 0 Å². The summed E-state index contributed by atoms with van der Waals surface area (Å²) in [6.45, 7) is 0. The molecule has 6 nitrogen and oxygen atoms in total. The number of nitro benzene ring substituents is 1. The highest BCUT2D eigenvalue weighted by atomic mass is 19.1. The van der Waals surface area contributed by atoms with Gasteiger partial charge in [0.25, 0.3) is 11.6 Å². The number of allylic oxidation sites excluding steroid dienone is 1. The molecule has 0 saturated carbocycles. The minimum Gasteiger partial charge on any atom is -0.267 e. The molecule has 0 heterocycles. The lowest BCUT2D eigenvalue weighted by Crippen LogP contribution is -2.17. The zero-order valence-electron chi connectivity index (χ0n) is 11.8. The number of para-hydroxylation sites is 1. The third-order valence-electron chi connectivity index (χ3n) is 2.84. The fourth-order valence-electron chi connectivity index (χ4n) is 1.75. The number of hydrazone groups is 1. The van der Waals surface area contributed by atoms with Crippen LogP contribution in [0.3, 0.4) is 0 Å². The van der Waals surface area contributed by atoms with Gasteiger partial charge in [0.2, 0.25) is 0 Å². The van der Waals surface area contributed by atoms with E-state index in [9.17, 15) is 19.3 Å². The Bertz CT molecular complexity index is 770. The van der Waals surface area contributed by atoms with Gasteiger partial charge in [0, 0.05) is 17.8 Å². The first-order valence-corrected chi connectivity index (χ1v) is 6.57. The number of hydrogen-bond donors (Lipinski definition) is 1. The standard InChI is InChI=1S/C16H12FN3O3/c17-14-9-7-13(8-10-14)16(21)19-18-11-3-5-12-4-1-2-6-15(12)20(22)23/h1-11H,(H,19,21). The SMILES string of the molecule is O=C(NN=CC=Cc1ccccc1[N+](=O)[O-])c1ccc(F)cc1. The van der Waals surface area contributed by atoms with Gasteiger partial charge in [-0.05, 0) is 42.5 Å². The molecule has 2 rings (SSSR count). The number of carbonyl (C=O) groups excluding carboxylic acids is 1. The molecule has 2 aromatic rings. The molecule has 0 aliphatic carbocycles. The smallest absolute Gasteiger partial charge is 0.267 e. The van der Waals surface area contributed by atoms with E-state index in [0.717, 1.165) is 0 Å². The summed E-state index contributed by atoms with van der Waals surface area (Å²) in [6, 6.07) is 11.3. The minimum absolute atomic E-state index is 0.0208. The Balaban J connectivity index is 1.95. The molecule has 116 valence electrons. The van der Waals surface area contributed by atoms with Gasteiger partial charge in [-0.15, -0.1) is 0 Å². The maximum Gasteiger partial charge on any atom is 0.276 e. The van der Waals surface area contributed by atoms with Gasteiger partial charge in [-0.1, -0.05) is 12.1 Å². The zero-order valence-corrected chi connectivity index (χ0v) is 11.8. The van der Waals surface area contributed by atoms with E-state index in [1.807, 2.05) is 0 Å². The average molecular weight is 313 g/mol. The largest absolute Gasteiger partial charge is 0.276 e. The number of halogens is 1. The molecule has 0 aromatic heterocycles. The molecule has 0 aliphatic heterocycles. The van der Waals surface area contributed by atoms with Crippen LogP contribution in [0.25, 0.3) is 6.08 Å². The van der Waals surface area contributed by atoms with Crippen molar-refractivity contribution in [1.29, 1.82) is 0 Å². The second-order valence-electron chi connectivity index (χ2n) is 4.40. The number of benzene rings is 2. The summed E-state index contributed by atoms with van der Waals surface area (Å²) in [4.78, 5) is 22.0. The summed E-state index contributed by atoms with van der Waals surface area (Å²) in [6.07, 6.45) is 4.26. The molecule has 2 aromatic carbocycles. The van der Waals surface area contributed by atoms with Crippen LogP contribution in [-0.4, -0.2) is 17.0 Å². The summed E-state index contributed by atoms with van der Waals surface area (Å²) in [7, 11) is 0. The summed E-state index contributed by atoms with van der Waals surface area (Å²) in [5.41, 5.74) is 2.94. The molecule has 0 unspecified atom stereocenters. The Labute approximate surface area is 131 Å². The van der Waals surface area contributed by atoms with Gasteiger partial charge in [0.1, 0.15) is 5.82 Å². The second kappa shape index (κ2) is 7.60. The second-order valence-corrected chi connectivity index (χ2v) is 4.40. The Kier molecular flexibility index (Phi) is 5.30. The van der Waals surface area contributed by atoms with E-state index in [-0.39, 0.29) is 11.3 Å². The lowest BCUT2D eigenvalue weighted by molar-refractivity contribution is -0.385.